The molecule has 0 radical (unpaired) electrons. The highest BCUT2D eigenvalue weighted by atomic mass is 16.5. The molecule has 0 amide bonds. The number of benzene rings is 2. The molecule has 0 unspecified atom stereocenters. The molecule has 25 heavy (non-hydrogen) atoms. The van der Waals surface area contributed by atoms with Crippen LogP contribution < -0.4 is 14.8 Å². The zero-order valence-electron chi connectivity index (χ0n) is 15.6. The second kappa shape index (κ2) is 11.5. The summed E-state index contributed by atoms with van der Waals surface area (Å²) in [6.07, 6.45) is 6.00. The molecule has 0 aromatic heterocycles. The summed E-state index contributed by atoms with van der Waals surface area (Å²) in [5, 5.41) is 3.52. The fraction of sp³-hybridized carbons (Fsp3) is 0.455. The molecule has 0 atom stereocenters. The lowest BCUT2D eigenvalue weighted by Crippen LogP contribution is -2.16. The Morgan fingerprint density at radius 2 is 1.76 bits per heavy atom. The van der Waals surface area contributed by atoms with E-state index in [0.29, 0.717) is 6.61 Å². The van der Waals surface area contributed by atoms with E-state index < -0.39 is 0 Å². The van der Waals surface area contributed by atoms with Crippen molar-refractivity contribution in [1.82, 2.24) is 5.32 Å². The molecular weight excluding hydrogens is 310 g/mol. The molecule has 0 heterocycles. The SMILES string of the molecule is CCCCCCNCc1cccc(OC)c1OCCc1ccccc1. The van der Waals surface area contributed by atoms with Gasteiger partial charge < -0.3 is 14.8 Å². The molecule has 0 aliphatic rings. The van der Waals surface area contributed by atoms with Gasteiger partial charge >= 0.3 is 0 Å². The molecular formula is C22H31NO2. The van der Waals surface area contributed by atoms with Gasteiger partial charge in [-0.15, -0.1) is 0 Å². The van der Waals surface area contributed by atoms with Crippen molar-refractivity contribution in [3.8, 4) is 11.5 Å². The third-order valence-electron chi connectivity index (χ3n) is 4.28. The summed E-state index contributed by atoms with van der Waals surface area (Å²) in [4.78, 5) is 0. The van der Waals surface area contributed by atoms with Gasteiger partial charge in [-0.2, -0.15) is 0 Å². The van der Waals surface area contributed by atoms with Crippen LogP contribution >= 0.6 is 0 Å². The zero-order chi connectivity index (χ0) is 17.7. The molecule has 0 aliphatic heterocycles. The lowest BCUT2D eigenvalue weighted by Gasteiger charge is -2.15. The van der Waals surface area contributed by atoms with Crippen LogP contribution in [0.15, 0.2) is 48.5 Å². The lowest BCUT2D eigenvalue weighted by molar-refractivity contribution is 0.293. The van der Waals surface area contributed by atoms with Crippen LogP contribution in [0.2, 0.25) is 0 Å². The number of rotatable bonds is 12. The summed E-state index contributed by atoms with van der Waals surface area (Å²) in [7, 11) is 1.70. The number of para-hydroxylation sites is 1. The predicted octanol–water partition coefficient (Wildman–Crippen LogP) is 4.99. The Balaban J connectivity index is 1.88. The Labute approximate surface area is 152 Å². The second-order valence-corrected chi connectivity index (χ2v) is 6.27. The molecule has 0 aliphatic carbocycles. The third-order valence-corrected chi connectivity index (χ3v) is 4.28. The van der Waals surface area contributed by atoms with E-state index in [2.05, 4.69) is 42.6 Å². The van der Waals surface area contributed by atoms with Crippen LogP contribution in [0.4, 0.5) is 0 Å². The van der Waals surface area contributed by atoms with Gasteiger partial charge in [-0.3, -0.25) is 0 Å². The first-order valence-corrected chi connectivity index (χ1v) is 9.38. The van der Waals surface area contributed by atoms with E-state index in [0.717, 1.165) is 36.6 Å². The smallest absolute Gasteiger partial charge is 0.165 e. The van der Waals surface area contributed by atoms with Crippen LogP contribution in [0.1, 0.15) is 43.7 Å². The quantitative estimate of drug-likeness (QED) is 0.552. The average molecular weight is 341 g/mol. The van der Waals surface area contributed by atoms with Crippen molar-refractivity contribution in [1.29, 1.82) is 0 Å². The number of nitrogens with one attached hydrogen (secondary N) is 1. The molecule has 0 saturated carbocycles. The molecule has 136 valence electrons. The van der Waals surface area contributed by atoms with Crippen LogP contribution in [0, 0.1) is 0 Å². The van der Waals surface area contributed by atoms with Crippen LogP contribution in [0.3, 0.4) is 0 Å². The normalized spacial score (nSPS) is 10.6. The first kappa shape index (κ1) is 19.3. The Morgan fingerprint density at radius 3 is 2.52 bits per heavy atom. The Kier molecular flexibility index (Phi) is 8.92. The monoisotopic (exact) mass is 341 g/mol. The molecule has 3 nitrogen and oxygen atoms in total. The first-order valence-electron chi connectivity index (χ1n) is 9.38. The van der Waals surface area contributed by atoms with Gasteiger partial charge in [-0.05, 0) is 24.6 Å². The minimum atomic E-state index is 0.647. The van der Waals surface area contributed by atoms with Crippen molar-refractivity contribution in [2.45, 2.75) is 45.6 Å². The lowest BCUT2D eigenvalue weighted by atomic mass is 10.1. The maximum Gasteiger partial charge on any atom is 0.165 e. The van der Waals surface area contributed by atoms with E-state index >= 15 is 0 Å². The number of ether oxygens (including phenoxy) is 2. The number of unbranched alkanes of at least 4 members (excludes halogenated alkanes) is 3. The Morgan fingerprint density at radius 1 is 0.920 bits per heavy atom. The highest BCUT2D eigenvalue weighted by Gasteiger charge is 2.10. The molecule has 3 heteroatoms. The van der Waals surface area contributed by atoms with Gasteiger partial charge in [0.1, 0.15) is 0 Å². The molecule has 0 spiro atoms. The van der Waals surface area contributed by atoms with Crippen LogP contribution in [0.25, 0.3) is 0 Å². The van der Waals surface area contributed by atoms with E-state index in [9.17, 15) is 0 Å². The maximum absolute atomic E-state index is 6.09. The van der Waals surface area contributed by atoms with Gasteiger partial charge in [-0.1, -0.05) is 68.7 Å². The number of methoxy groups -OCH3 is 1. The number of hydrogen-bond acceptors (Lipinski definition) is 3. The van der Waals surface area contributed by atoms with Crippen molar-refractivity contribution in [3.05, 3.63) is 59.7 Å². The standard InChI is InChI=1S/C22H31NO2/c1-3-4-5-9-16-23-18-20-13-10-14-21(24-2)22(20)25-17-15-19-11-7-6-8-12-19/h6-8,10-14,23H,3-5,9,15-18H2,1-2H3. The van der Waals surface area contributed by atoms with E-state index in [1.54, 1.807) is 7.11 Å². The molecule has 0 bridgehead atoms. The minimum absolute atomic E-state index is 0.647. The minimum Gasteiger partial charge on any atom is -0.493 e. The Bertz CT molecular complexity index is 598. The van der Waals surface area contributed by atoms with Gasteiger partial charge in [0.05, 0.1) is 13.7 Å². The van der Waals surface area contributed by atoms with Crippen LogP contribution in [-0.4, -0.2) is 20.3 Å². The highest BCUT2D eigenvalue weighted by Crippen LogP contribution is 2.31. The topological polar surface area (TPSA) is 30.5 Å². The Hall–Kier alpha value is -2.00. The molecule has 0 fully saturated rings. The van der Waals surface area contributed by atoms with Gasteiger partial charge in [0, 0.05) is 18.5 Å². The summed E-state index contributed by atoms with van der Waals surface area (Å²) < 4.78 is 11.6. The first-order chi connectivity index (χ1) is 12.3. The summed E-state index contributed by atoms with van der Waals surface area (Å²) >= 11 is 0. The molecule has 0 saturated heterocycles. The number of hydrogen-bond donors (Lipinski definition) is 1. The molecule has 2 aromatic rings. The van der Waals surface area contributed by atoms with Gasteiger partial charge in [0.2, 0.25) is 0 Å². The van der Waals surface area contributed by atoms with E-state index in [-0.39, 0.29) is 0 Å². The van der Waals surface area contributed by atoms with Gasteiger partial charge in [0.25, 0.3) is 0 Å². The maximum atomic E-state index is 6.09. The fourth-order valence-corrected chi connectivity index (χ4v) is 2.84. The van der Waals surface area contributed by atoms with Gasteiger partial charge in [0.15, 0.2) is 11.5 Å². The summed E-state index contributed by atoms with van der Waals surface area (Å²) in [6.45, 7) is 4.74. The second-order valence-electron chi connectivity index (χ2n) is 6.27. The fourth-order valence-electron chi connectivity index (χ4n) is 2.84. The third kappa shape index (κ3) is 6.79. The van der Waals surface area contributed by atoms with E-state index in [1.807, 2.05) is 18.2 Å². The van der Waals surface area contributed by atoms with Gasteiger partial charge in [-0.25, -0.2) is 0 Å². The van der Waals surface area contributed by atoms with Crippen molar-refractivity contribution in [3.63, 3.8) is 0 Å². The van der Waals surface area contributed by atoms with Crippen LogP contribution in [-0.2, 0) is 13.0 Å². The summed E-state index contributed by atoms with van der Waals surface area (Å²) in [5.74, 6) is 1.67. The van der Waals surface area contributed by atoms with Crippen molar-refractivity contribution in [2.24, 2.45) is 0 Å². The molecule has 1 N–H and O–H groups in total. The van der Waals surface area contributed by atoms with E-state index in [1.165, 1.54) is 31.2 Å². The average Bonchev–Trinajstić information content (AvgIpc) is 2.66. The largest absolute Gasteiger partial charge is 0.493 e. The van der Waals surface area contributed by atoms with Crippen molar-refractivity contribution in [2.75, 3.05) is 20.3 Å². The molecule has 2 aromatic carbocycles. The van der Waals surface area contributed by atoms with Crippen molar-refractivity contribution >= 4 is 0 Å². The van der Waals surface area contributed by atoms with E-state index in [4.69, 9.17) is 9.47 Å². The van der Waals surface area contributed by atoms with Crippen LogP contribution in [0.5, 0.6) is 11.5 Å². The van der Waals surface area contributed by atoms with Crippen molar-refractivity contribution < 1.29 is 9.47 Å². The zero-order valence-corrected chi connectivity index (χ0v) is 15.6. The molecule has 2 rings (SSSR count). The predicted molar refractivity (Wildman–Crippen MR) is 104 cm³/mol. The highest BCUT2D eigenvalue weighted by molar-refractivity contribution is 5.46. The summed E-state index contributed by atoms with van der Waals surface area (Å²) in [5.41, 5.74) is 2.44. The summed E-state index contributed by atoms with van der Waals surface area (Å²) in [6, 6.07) is 16.5.